The molecule has 1 saturated heterocycles. The van der Waals surface area contributed by atoms with E-state index in [4.69, 9.17) is 23.2 Å². The normalized spacial score (nSPS) is 18.1. The predicted molar refractivity (Wildman–Crippen MR) is 98.0 cm³/mol. The van der Waals surface area contributed by atoms with Gasteiger partial charge in [-0.15, -0.1) is 11.8 Å². The molecule has 22 heavy (non-hydrogen) atoms. The van der Waals surface area contributed by atoms with Gasteiger partial charge in [-0.2, -0.15) is 0 Å². The molecule has 0 aliphatic carbocycles. The van der Waals surface area contributed by atoms with E-state index >= 15 is 0 Å². The lowest BCUT2D eigenvalue weighted by Gasteiger charge is -2.25. The Labute approximate surface area is 151 Å². The third-order valence-corrected chi connectivity index (χ3v) is 6.45. The minimum atomic E-state index is -0.153. The number of carbonyl (C=O) groups is 1. The Morgan fingerprint density at radius 1 is 1.27 bits per heavy atom. The second kappa shape index (κ2) is 6.44. The molecular formula is C16H12BrCl2NOS. The van der Waals surface area contributed by atoms with Gasteiger partial charge in [0.2, 0.25) is 5.91 Å². The van der Waals surface area contributed by atoms with E-state index < -0.39 is 0 Å². The van der Waals surface area contributed by atoms with Crippen LogP contribution in [0, 0.1) is 6.92 Å². The number of hydrogen-bond donors (Lipinski definition) is 0. The van der Waals surface area contributed by atoms with Crippen LogP contribution < -0.4 is 4.90 Å². The summed E-state index contributed by atoms with van der Waals surface area (Å²) in [6.45, 7) is 2.00. The average Bonchev–Trinajstić information content (AvgIpc) is 2.86. The molecule has 1 fully saturated rings. The fraction of sp³-hybridized carbons (Fsp3) is 0.188. The number of anilines is 1. The van der Waals surface area contributed by atoms with E-state index in [-0.39, 0.29) is 11.3 Å². The topological polar surface area (TPSA) is 20.3 Å². The summed E-state index contributed by atoms with van der Waals surface area (Å²) in [5.41, 5.74) is 2.82. The molecule has 1 unspecified atom stereocenters. The Balaban J connectivity index is 2.06. The van der Waals surface area contributed by atoms with Gasteiger partial charge in [0.1, 0.15) is 5.37 Å². The van der Waals surface area contributed by atoms with Crippen molar-refractivity contribution in [3.8, 4) is 0 Å². The maximum atomic E-state index is 12.4. The Kier molecular flexibility index (Phi) is 4.74. The second-order valence-corrected chi connectivity index (χ2v) is 7.71. The molecule has 0 bridgehead atoms. The van der Waals surface area contributed by atoms with Gasteiger partial charge in [-0.3, -0.25) is 9.69 Å². The Hall–Kier alpha value is -0.680. The van der Waals surface area contributed by atoms with Crippen LogP contribution in [0.3, 0.4) is 0 Å². The van der Waals surface area contributed by atoms with E-state index in [9.17, 15) is 4.79 Å². The van der Waals surface area contributed by atoms with E-state index in [0.717, 1.165) is 21.3 Å². The summed E-state index contributed by atoms with van der Waals surface area (Å²) in [6.07, 6.45) is 0. The summed E-state index contributed by atoms with van der Waals surface area (Å²) in [5.74, 6) is 0.510. The van der Waals surface area contributed by atoms with Crippen LogP contribution in [0.5, 0.6) is 0 Å². The third-order valence-electron chi connectivity index (χ3n) is 3.54. The summed E-state index contributed by atoms with van der Waals surface area (Å²) < 4.78 is 1.02. The molecule has 114 valence electrons. The summed E-state index contributed by atoms with van der Waals surface area (Å²) in [4.78, 5) is 14.2. The van der Waals surface area contributed by atoms with E-state index in [2.05, 4.69) is 15.9 Å². The summed E-state index contributed by atoms with van der Waals surface area (Å²) in [5, 5.41) is 0.862. The van der Waals surface area contributed by atoms with Gasteiger partial charge in [0.25, 0.3) is 0 Å². The number of hydrogen-bond acceptors (Lipinski definition) is 2. The zero-order valence-corrected chi connectivity index (χ0v) is 15.6. The largest absolute Gasteiger partial charge is 0.295 e. The first kappa shape index (κ1) is 16.2. The number of aryl methyl sites for hydroxylation is 1. The van der Waals surface area contributed by atoms with Gasteiger partial charge in [0.15, 0.2) is 0 Å². The van der Waals surface area contributed by atoms with Crippen molar-refractivity contribution in [3.63, 3.8) is 0 Å². The van der Waals surface area contributed by atoms with Crippen LogP contribution in [0.2, 0.25) is 10.0 Å². The van der Waals surface area contributed by atoms with Gasteiger partial charge in [0, 0.05) is 15.7 Å². The quantitative estimate of drug-likeness (QED) is 0.612. The van der Waals surface area contributed by atoms with Crippen molar-refractivity contribution in [2.24, 2.45) is 0 Å². The van der Waals surface area contributed by atoms with Gasteiger partial charge >= 0.3 is 0 Å². The van der Waals surface area contributed by atoms with Crippen LogP contribution in [0.15, 0.2) is 40.9 Å². The van der Waals surface area contributed by atoms with Crippen LogP contribution in [0.4, 0.5) is 5.69 Å². The highest BCUT2D eigenvalue weighted by Gasteiger charge is 2.35. The molecule has 1 amide bonds. The number of rotatable bonds is 2. The standard InChI is InChI=1S/C16H12BrCl2NOS/c1-9-7-10(5-6-12(9)17)20-14(21)8-22-16(20)11-3-2-4-13(18)15(11)19/h2-7,16H,8H2,1H3. The Morgan fingerprint density at radius 2 is 2.05 bits per heavy atom. The van der Waals surface area contributed by atoms with E-state index in [1.165, 1.54) is 0 Å². The maximum Gasteiger partial charge on any atom is 0.238 e. The average molecular weight is 417 g/mol. The SMILES string of the molecule is Cc1cc(N2C(=O)CSC2c2cccc(Cl)c2Cl)ccc1Br. The van der Waals surface area contributed by atoms with Crippen molar-refractivity contribution in [3.05, 3.63) is 62.0 Å². The zero-order chi connectivity index (χ0) is 15.9. The molecule has 3 rings (SSSR count). The summed E-state index contributed by atoms with van der Waals surface area (Å²) in [6, 6.07) is 11.4. The van der Waals surface area contributed by atoms with Crippen LogP contribution in [0.25, 0.3) is 0 Å². The molecule has 1 aliphatic heterocycles. The molecule has 0 spiro atoms. The number of nitrogens with zero attached hydrogens (tertiary/aromatic N) is 1. The van der Waals surface area contributed by atoms with Gasteiger partial charge in [-0.25, -0.2) is 0 Å². The van der Waals surface area contributed by atoms with Crippen molar-refractivity contribution >= 4 is 62.5 Å². The molecule has 6 heteroatoms. The lowest BCUT2D eigenvalue weighted by atomic mass is 10.1. The highest BCUT2D eigenvalue weighted by molar-refractivity contribution is 9.10. The third kappa shape index (κ3) is 2.90. The van der Waals surface area contributed by atoms with Crippen molar-refractivity contribution in [2.45, 2.75) is 12.3 Å². The van der Waals surface area contributed by atoms with Gasteiger partial charge in [-0.05, 0) is 36.8 Å². The molecule has 0 aromatic heterocycles. The summed E-state index contributed by atoms with van der Waals surface area (Å²) in [7, 11) is 0. The molecule has 2 aromatic carbocycles. The number of carbonyl (C=O) groups excluding carboxylic acids is 1. The van der Waals surface area contributed by atoms with E-state index in [1.54, 1.807) is 22.7 Å². The van der Waals surface area contributed by atoms with Crippen LogP contribution >= 0.6 is 50.9 Å². The fourth-order valence-electron chi connectivity index (χ4n) is 2.42. The maximum absolute atomic E-state index is 12.4. The lowest BCUT2D eigenvalue weighted by Crippen LogP contribution is -2.28. The molecule has 2 nitrogen and oxygen atoms in total. The van der Waals surface area contributed by atoms with Crippen molar-refractivity contribution in [1.82, 2.24) is 0 Å². The minimum absolute atomic E-state index is 0.0766. The fourth-order valence-corrected chi connectivity index (χ4v) is 4.35. The molecule has 2 aromatic rings. The monoisotopic (exact) mass is 415 g/mol. The number of amides is 1. The first-order valence-corrected chi connectivity index (χ1v) is 9.22. The number of halogens is 3. The van der Waals surface area contributed by atoms with Crippen LogP contribution in [0.1, 0.15) is 16.5 Å². The second-order valence-electron chi connectivity index (χ2n) is 5.00. The van der Waals surface area contributed by atoms with Crippen molar-refractivity contribution in [2.75, 3.05) is 10.7 Å². The molecule has 0 saturated carbocycles. The molecule has 1 aliphatic rings. The van der Waals surface area contributed by atoms with E-state index in [1.807, 2.05) is 37.3 Å². The van der Waals surface area contributed by atoms with Crippen molar-refractivity contribution in [1.29, 1.82) is 0 Å². The first-order valence-electron chi connectivity index (χ1n) is 6.63. The first-order chi connectivity index (χ1) is 10.5. The molecule has 0 radical (unpaired) electrons. The number of thioether (sulfide) groups is 1. The zero-order valence-electron chi connectivity index (χ0n) is 11.6. The molecular weight excluding hydrogens is 405 g/mol. The Morgan fingerprint density at radius 3 is 2.77 bits per heavy atom. The van der Waals surface area contributed by atoms with Gasteiger partial charge in [-0.1, -0.05) is 51.3 Å². The molecule has 0 N–H and O–H groups in total. The lowest BCUT2D eigenvalue weighted by molar-refractivity contribution is -0.115. The van der Waals surface area contributed by atoms with Crippen LogP contribution in [-0.4, -0.2) is 11.7 Å². The van der Waals surface area contributed by atoms with Gasteiger partial charge < -0.3 is 0 Å². The van der Waals surface area contributed by atoms with Gasteiger partial charge in [0.05, 0.1) is 15.8 Å². The smallest absolute Gasteiger partial charge is 0.238 e. The number of benzene rings is 2. The minimum Gasteiger partial charge on any atom is -0.295 e. The van der Waals surface area contributed by atoms with Crippen LogP contribution in [-0.2, 0) is 4.79 Å². The highest BCUT2D eigenvalue weighted by atomic mass is 79.9. The Bertz CT molecular complexity index is 753. The highest BCUT2D eigenvalue weighted by Crippen LogP contribution is 2.45. The predicted octanol–water partition coefficient (Wildman–Crippen LogP) is 5.84. The van der Waals surface area contributed by atoms with E-state index in [0.29, 0.717) is 15.8 Å². The summed E-state index contributed by atoms with van der Waals surface area (Å²) >= 11 is 17.5. The molecule has 1 atom stereocenters. The van der Waals surface area contributed by atoms with Crippen molar-refractivity contribution < 1.29 is 4.79 Å². The molecule has 1 heterocycles.